The molecular weight excluding hydrogens is 471 g/mol. The van der Waals surface area contributed by atoms with E-state index in [1.807, 2.05) is 67.6 Å². The van der Waals surface area contributed by atoms with Crippen molar-refractivity contribution in [1.29, 1.82) is 0 Å². The zero-order valence-electron chi connectivity index (χ0n) is 19.0. The maximum Gasteiger partial charge on any atom is 0.261 e. The molecule has 3 aromatic rings. The molecule has 2 amide bonds. The number of carbonyl (C=O) groups is 2. The quantitative estimate of drug-likeness (QED) is 0.377. The molecule has 0 saturated heterocycles. The molecule has 0 saturated carbocycles. The average Bonchev–Trinajstić information content (AvgIpc) is 2.85. The summed E-state index contributed by atoms with van der Waals surface area (Å²) in [7, 11) is 0. The van der Waals surface area contributed by atoms with E-state index in [0.717, 1.165) is 17.5 Å². The second-order valence-corrected chi connectivity index (χ2v) is 8.71. The molecule has 1 N–H and O–H groups in total. The van der Waals surface area contributed by atoms with Crippen LogP contribution < -0.4 is 10.1 Å². The van der Waals surface area contributed by atoms with Crippen LogP contribution in [0.15, 0.2) is 78.9 Å². The highest BCUT2D eigenvalue weighted by Crippen LogP contribution is 2.27. The molecule has 0 aromatic heterocycles. The largest absolute Gasteiger partial charge is 0.482 e. The van der Waals surface area contributed by atoms with E-state index in [0.29, 0.717) is 28.8 Å². The third kappa shape index (κ3) is 7.51. The van der Waals surface area contributed by atoms with Crippen molar-refractivity contribution in [2.24, 2.45) is 0 Å². The van der Waals surface area contributed by atoms with Crippen LogP contribution in [0.5, 0.6) is 5.75 Å². The summed E-state index contributed by atoms with van der Waals surface area (Å²) in [6.07, 6.45) is 1.19. The van der Waals surface area contributed by atoms with Gasteiger partial charge in [-0.05, 0) is 35.7 Å². The highest BCUT2D eigenvalue weighted by Gasteiger charge is 2.30. The predicted octanol–water partition coefficient (Wildman–Crippen LogP) is 5.54. The van der Waals surface area contributed by atoms with E-state index in [2.05, 4.69) is 5.32 Å². The zero-order chi connectivity index (χ0) is 24.3. The van der Waals surface area contributed by atoms with Gasteiger partial charge in [-0.25, -0.2) is 0 Å². The van der Waals surface area contributed by atoms with E-state index >= 15 is 0 Å². The van der Waals surface area contributed by atoms with Gasteiger partial charge in [-0.1, -0.05) is 90.8 Å². The maximum atomic E-state index is 13.5. The lowest BCUT2D eigenvalue weighted by atomic mass is 10.0. The minimum absolute atomic E-state index is 0.195. The molecule has 0 radical (unpaired) electrons. The molecule has 3 aromatic carbocycles. The average molecular weight is 499 g/mol. The third-order valence-corrected chi connectivity index (χ3v) is 5.79. The standard InChI is InChI=1S/C27H28Cl2N2O3/c1-2-15-30-27(33)24(16-20-9-5-3-6-10-20)31(18-21-11-7-4-8-12-21)26(32)19-34-25-14-13-22(28)17-23(25)29/h3-14,17,24H,2,15-16,18-19H2,1H3,(H,30,33). The molecular formula is C27H28Cl2N2O3. The first-order chi connectivity index (χ1) is 16.5. The number of hydrogen-bond acceptors (Lipinski definition) is 3. The monoisotopic (exact) mass is 498 g/mol. The molecule has 5 nitrogen and oxygen atoms in total. The minimum atomic E-state index is -0.703. The van der Waals surface area contributed by atoms with Crippen molar-refractivity contribution in [3.05, 3.63) is 100 Å². The number of halogens is 2. The van der Waals surface area contributed by atoms with Gasteiger partial charge in [0, 0.05) is 24.5 Å². The Kier molecular flexibility index (Phi) is 9.80. The fourth-order valence-electron chi connectivity index (χ4n) is 3.51. The molecule has 1 atom stereocenters. The van der Waals surface area contributed by atoms with Gasteiger partial charge in [-0.3, -0.25) is 9.59 Å². The SMILES string of the molecule is CCCNC(=O)C(Cc1ccccc1)N(Cc1ccccc1)C(=O)COc1ccc(Cl)cc1Cl. The number of nitrogens with one attached hydrogen (secondary N) is 1. The number of rotatable bonds is 11. The summed E-state index contributed by atoms with van der Waals surface area (Å²) in [4.78, 5) is 28.3. The lowest BCUT2D eigenvalue weighted by Gasteiger charge is -2.31. The Bertz CT molecular complexity index is 1080. The number of hydrogen-bond donors (Lipinski definition) is 1. The second-order valence-electron chi connectivity index (χ2n) is 7.87. The van der Waals surface area contributed by atoms with Gasteiger partial charge < -0.3 is 15.0 Å². The van der Waals surface area contributed by atoms with E-state index in [1.54, 1.807) is 23.1 Å². The fourth-order valence-corrected chi connectivity index (χ4v) is 3.98. The molecule has 0 aliphatic rings. The number of ether oxygens (including phenoxy) is 1. The normalized spacial score (nSPS) is 11.5. The van der Waals surface area contributed by atoms with Gasteiger partial charge in [-0.2, -0.15) is 0 Å². The lowest BCUT2D eigenvalue weighted by molar-refractivity contribution is -0.142. The van der Waals surface area contributed by atoms with Crippen LogP contribution in [0.25, 0.3) is 0 Å². The predicted molar refractivity (Wildman–Crippen MR) is 136 cm³/mol. The van der Waals surface area contributed by atoms with Crippen molar-refractivity contribution < 1.29 is 14.3 Å². The summed E-state index contributed by atoms with van der Waals surface area (Å²) >= 11 is 12.2. The summed E-state index contributed by atoms with van der Waals surface area (Å²) in [5, 5.41) is 3.75. The highest BCUT2D eigenvalue weighted by atomic mass is 35.5. The van der Waals surface area contributed by atoms with Crippen LogP contribution in [0.2, 0.25) is 10.0 Å². The Labute approximate surface area is 210 Å². The first-order valence-electron chi connectivity index (χ1n) is 11.2. The molecule has 0 aliphatic carbocycles. The molecule has 1 unspecified atom stereocenters. The van der Waals surface area contributed by atoms with Crippen molar-refractivity contribution in [2.45, 2.75) is 32.4 Å². The van der Waals surface area contributed by atoms with Crippen molar-refractivity contribution in [3.63, 3.8) is 0 Å². The Morgan fingerprint density at radius 2 is 1.59 bits per heavy atom. The van der Waals surface area contributed by atoms with Crippen LogP contribution in [0.1, 0.15) is 24.5 Å². The Morgan fingerprint density at radius 3 is 2.21 bits per heavy atom. The smallest absolute Gasteiger partial charge is 0.261 e. The maximum absolute atomic E-state index is 13.5. The van der Waals surface area contributed by atoms with Crippen LogP contribution in [0.4, 0.5) is 0 Å². The summed E-state index contributed by atoms with van der Waals surface area (Å²) in [6, 6.07) is 23.4. The van der Waals surface area contributed by atoms with Crippen molar-refractivity contribution in [1.82, 2.24) is 10.2 Å². The summed E-state index contributed by atoms with van der Waals surface area (Å²) in [5.74, 6) is -0.156. The van der Waals surface area contributed by atoms with Crippen LogP contribution in [-0.2, 0) is 22.6 Å². The number of amides is 2. The van der Waals surface area contributed by atoms with Gasteiger partial charge in [0.25, 0.3) is 5.91 Å². The van der Waals surface area contributed by atoms with Gasteiger partial charge in [0.05, 0.1) is 5.02 Å². The first-order valence-corrected chi connectivity index (χ1v) is 12.0. The minimum Gasteiger partial charge on any atom is -0.482 e. The van der Waals surface area contributed by atoms with Crippen molar-refractivity contribution in [3.8, 4) is 5.75 Å². The molecule has 0 fully saturated rings. The highest BCUT2D eigenvalue weighted by molar-refractivity contribution is 6.35. The van der Waals surface area contributed by atoms with Crippen LogP contribution in [-0.4, -0.2) is 35.9 Å². The molecule has 0 spiro atoms. The van der Waals surface area contributed by atoms with Gasteiger partial charge in [0.2, 0.25) is 5.91 Å². The van der Waals surface area contributed by atoms with Gasteiger partial charge >= 0.3 is 0 Å². The Hall–Kier alpha value is -3.02. The van der Waals surface area contributed by atoms with Gasteiger partial charge in [-0.15, -0.1) is 0 Å². The van der Waals surface area contributed by atoms with Crippen LogP contribution in [0.3, 0.4) is 0 Å². The summed E-state index contributed by atoms with van der Waals surface area (Å²) in [5.41, 5.74) is 1.88. The van der Waals surface area contributed by atoms with E-state index in [-0.39, 0.29) is 25.0 Å². The van der Waals surface area contributed by atoms with Crippen molar-refractivity contribution >= 4 is 35.0 Å². The summed E-state index contributed by atoms with van der Waals surface area (Å²) < 4.78 is 5.72. The fraction of sp³-hybridized carbons (Fsp3) is 0.259. The Balaban J connectivity index is 1.87. The molecule has 3 rings (SSSR count). The molecule has 7 heteroatoms. The zero-order valence-corrected chi connectivity index (χ0v) is 20.6. The molecule has 0 heterocycles. The van der Waals surface area contributed by atoms with Gasteiger partial charge in [0.15, 0.2) is 6.61 Å². The molecule has 178 valence electrons. The molecule has 0 bridgehead atoms. The van der Waals surface area contributed by atoms with E-state index < -0.39 is 6.04 Å². The Morgan fingerprint density at radius 1 is 0.941 bits per heavy atom. The van der Waals surface area contributed by atoms with Gasteiger partial charge in [0.1, 0.15) is 11.8 Å². The summed E-state index contributed by atoms with van der Waals surface area (Å²) in [6.45, 7) is 2.53. The topological polar surface area (TPSA) is 58.6 Å². The number of carbonyl (C=O) groups excluding carboxylic acids is 2. The van der Waals surface area contributed by atoms with Crippen molar-refractivity contribution in [2.75, 3.05) is 13.2 Å². The van der Waals surface area contributed by atoms with E-state index in [4.69, 9.17) is 27.9 Å². The first kappa shape index (κ1) is 25.6. The molecule has 0 aliphatic heterocycles. The third-order valence-electron chi connectivity index (χ3n) is 5.26. The number of benzene rings is 3. The van der Waals surface area contributed by atoms with Crippen LogP contribution in [0, 0.1) is 0 Å². The van der Waals surface area contributed by atoms with E-state index in [9.17, 15) is 9.59 Å². The second kappa shape index (κ2) is 13.0. The molecule has 34 heavy (non-hydrogen) atoms. The lowest BCUT2D eigenvalue weighted by Crippen LogP contribution is -2.51. The number of nitrogens with zero attached hydrogens (tertiary/aromatic N) is 1. The van der Waals surface area contributed by atoms with Crippen LogP contribution >= 0.6 is 23.2 Å². The van der Waals surface area contributed by atoms with E-state index in [1.165, 1.54) is 0 Å².